The molecule has 2 heterocycles. The van der Waals surface area contributed by atoms with E-state index in [1.165, 1.54) is 11.3 Å². The van der Waals surface area contributed by atoms with E-state index in [0.29, 0.717) is 0 Å². The topological polar surface area (TPSA) is 29.0 Å². The van der Waals surface area contributed by atoms with Crippen LogP contribution in [0.5, 0.6) is 0 Å². The van der Waals surface area contributed by atoms with Gasteiger partial charge in [-0.1, -0.05) is 62.4 Å². The summed E-state index contributed by atoms with van der Waals surface area (Å²) in [5.41, 5.74) is 7.47. The molecule has 0 aliphatic carbocycles. The summed E-state index contributed by atoms with van der Waals surface area (Å²) >= 11 is 0. The summed E-state index contributed by atoms with van der Waals surface area (Å²) in [5.74, 6) is 0. The molecule has 0 radical (unpaired) electrons. The van der Waals surface area contributed by atoms with Gasteiger partial charge in [-0.05, 0) is 60.4 Å². The minimum Gasteiger partial charge on any atom is -0.372 e. The summed E-state index contributed by atoms with van der Waals surface area (Å²) in [6.07, 6.45) is 4.12. The zero-order chi connectivity index (χ0) is 21.5. The lowest BCUT2D eigenvalue weighted by Gasteiger charge is -2.24. The summed E-state index contributed by atoms with van der Waals surface area (Å²) in [4.78, 5) is 11.9. The molecule has 4 aromatic rings. The van der Waals surface area contributed by atoms with Crippen molar-refractivity contribution in [3.8, 4) is 33.8 Å². The standard InChI is InChI=1S/C28H29N3/c1-3-18-31(19-4-2)25-15-13-22(14-16-25)24-20-27(23-10-6-5-7-11-23)30-28(21-24)26-12-8-9-17-29-26/h5-17,20-21H,3-4,18-19H2,1-2H3. The van der Waals surface area contributed by atoms with Gasteiger partial charge in [-0.2, -0.15) is 0 Å². The molecule has 0 saturated carbocycles. The van der Waals surface area contributed by atoms with Crippen LogP contribution < -0.4 is 4.90 Å². The molecule has 0 N–H and O–H groups in total. The van der Waals surface area contributed by atoms with E-state index in [1.54, 1.807) is 0 Å². The molecule has 0 spiro atoms. The van der Waals surface area contributed by atoms with E-state index >= 15 is 0 Å². The largest absolute Gasteiger partial charge is 0.372 e. The van der Waals surface area contributed by atoms with E-state index in [9.17, 15) is 0 Å². The minimum absolute atomic E-state index is 0.884. The molecule has 2 aromatic carbocycles. The van der Waals surface area contributed by atoms with E-state index in [1.807, 2.05) is 30.5 Å². The van der Waals surface area contributed by atoms with Gasteiger partial charge in [0.2, 0.25) is 0 Å². The van der Waals surface area contributed by atoms with Crippen LogP contribution in [-0.2, 0) is 0 Å². The third kappa shape index (κ3) is 5.00. The lowest BCUT2D eigenvalue weighted by Crippen LogP contribution is -2.24. The van der Waals surface area contributed by atoms with Crippen LogP contribution in [0, 0.1) is 0 Å². The van der Waals surface area contributed by atoms with Crippen LogP contribution in [0.15, 0.2) is 91.1 Å². The van der Waals surface area contributed by atoms with Gasteiger partial charge >= 0.3 is 0 Å². The van der Waals surface area contributed by atoms with Crippen LogP contribution in [0.2, 0.25) is 0 Å². The van der Waals surface area contributed by atoms with Crippen molar-refractivity contribution in [3.63, 3.8) is 0 Å². The fourth-order valence-electron chi connectivity index (χ4n) is 3.87. The second-order valence-corrected chi connectivity index (χ2v) is 7.74. The van der Waals surface area contributed by atoms with Crippen LogP contribution in [0.3, 0.4) is 0 Å². The van der Waals surface area contributed by atoms with Gasteiger partial charge in [-0.3, -0.25) is 4.98 Å². The fourth-order valence-corrected chi connectivity index (χ4v) is 3.87. The van der Waals surface area contributed by atoms with Crippen molar-refractivity contribution in [2.24, 2.45) is 0 Å². The Hall–Kier alpha value is -3.46. The number of hydrogen-bond acceptors (Lipinski definition) is 3. The molecule has 0 atom stereocenters. The second-order valence-electron chi connectivity index (χ2n) is 7.74. The van der Waals surface area contributed by atoms with E-state index in [4.69, 9.17) is 4.98 Å². The predicted molar refractivity (Wildman–Crippen MR) is 131 cm³/mol. The van der Waals surface area contributed by atoms with Crippen LogP contribution in [-0.4, -0.2) is 23.1 Å². The highest BCUT2D eigenvalue weighted by Gasteiger charge is 2.10. The molecule has 4 rings (SSSR count). The molecule has 31 heavy (non-hydrogen) atoms. The van der Waals surface area contributed by atoms with Gasteiger partial charge < -0.3 is 4.90 Å². The van der Waals surface area contributed by atoms with Crippen molar-refractivity contribution in [3.05, 3.63) is 91.1 Å². The third-order valence-electron chi connectivity index (χ3n) is 5.38. The van der Waals surface area contributed by atoms with Crippen LogP contribution in [0.1, 0.15) is 26.7 Å². The monoisotopic (exact) mass is 407 g/mol. The lowest BCUT2D eigenvalue weighted by atomic mass is 10.0. The van der Waals surface area contributed by atoms with Gasteiger partial charge in [0, 0.05) is 30.5 Å². The summed E-state index contributed by atoms with van der Waals surface area (Å²) in [7, 11) is 0. The van der Waals surface area contributed by atoms with Crippen LogP contribution >= 0.6 is 0 Å². The highest BCUT2D eigenvalue weighted by Crippen LogP contribution is 2.30. The van der Waals surface area contributed by atoms with Crippen LogP contribution in [0.4, 0.5) is 5.69 Å². The Morgan fingerprint density at radius 3 is 1.94 bits per heavy atom. The average Bonchev–Trinajstić information content (AvgIpc) is 2.85. The zero-order valence-corrected chi connectivity index (χ0v) is 18.3. The van der Waals surface area contributed by atoms with Crippen molar-refractivity contribution in [2.45, 2.75) is 26.7 Å². The first-order valence-electron chi connectivity index (χ1n) is 11.1. The molecule has 0 unspecified atom stereocenters. The fraction of sp³-hybridized carbons (Fsp3) is 0.214. The van der Waals surface area contributed by atoms with Gasteiger partial charge in [-0.25, -0.2) is 4.98 Å². The molecule has 0 amide bonds. The first kappa shape index (κ1) is 20.8. The summed E-state index contributed by atoms with van der Waals surface area (Å²) in [6.45, 7) is 6.64. The maximum absolute atomic E-state index is 4.92. The van der Waals surface area contributed by atoms with Crippen LogP contribution in [0.25, 0.3) is 33.8 Å². The number of anilines is 1. The maximum atomic E-state index is 4.92. The third-order valence-corrected chi connectivity index (χ3v) is 5.38. The Morgan fingerprint density at radius 2 is 1.29 bits per heavy atom. The lowest BCUT2D eigenvalue weighted by molar-refractivity contribution is 0.745. The molecule has 3 nitrogen and oxygen atoms in total. The van der Waals surface area contributed by atoms with Crippen molar-refractivity contribution in [1.29, 1.82) is 0 Å². The van der Waals surface area contributed by atoms with Gasteiger partial charge in [0.15, 0.2) is 0 Å². The number of pyridine rings is 2. The Morgan fingerprint density at radius 1 is 0.613 bits per heavy atom. The Kier molecular flexibility index (Phi) is 6.73. The number of aromatic nitrogens is 2. The Balaban J connectivity index is 1.75. The van der Waals surface area contributed by atoms with E-state index in [0.717, 1.165) is 54.1 Å². The quantitative estimate of drug-likeness (QED) is 0.312. The molecule has 156 valence electrons. The number of rotatable bonds is 8. The molecule has 0 saturated heterocycles. The van der Waals surface area contributed by atoms with Gasteiger partial charge in [0.1, 0.15) is 0 Å². The normalized spacial score (nSPS) is 10.8. The second kappa shape index (κ2) is 10.0. The molecule has 0 aliphatic rings. The smallest absolute Gasteiger partial charge is 0.0899 e. The van der Waals surface area contributed by atoms with Gasteiger partial charge in [0.25, 0.3) is 0 Å². The summed E-state index contributed by atoms with van der Waals surface area (Å²) in [5, 5.41) is 0. The number of hydrogen-bond donors (Lipinski definition) is 0. The predicted octanol–water partition coefficient (Wildman–Crippen LogP) is 7.10. The highest BCUT2D eigenvalue weighted by atomic mass is 15.1. The molecule has 0 fully saturated rings. The SMILES string of the molecule is CCCN(CCC)c1ccc(-c2cc(-c3ccccc3)nc(-c3ccccn3)c2)cc1. The number of nitrogens with zero attached hydrogens (tertiary/aromatic N) is 3. The first-order chi connectivity index (χ1) is 15.3. The molecule has 2 aromatic heterocycles. The summed E-state index contributed by atoms with van der Waals surface area (Å²) < 4.78 is 0. The Labute approximate surface area is 185 Å². The molecule has 3 heteroatoms. The van der Waals surface area contributed by atoms with Crippen molar-refractivity contribution in [1.82, 2.24) is 9.97 Å². The first-order valence-corrected chi connectivity index (χ1v) is 11.1. The van der Waals surface area contributed by atoms with Crippen molar-refractivity contribution in [2.75, 3.05) is 18.0 Å². The highest BCUT2D eigenvalue weighted by molar-refractivity contribution is 5.76. The molecule has 0 bridgehead atoms. The van der Waals surface area contributed by atoms with E-state index in [-0.39, 0.29) is 0 Å². The maximum Gasteiger partial charge on any atom is 0.0899 e. The zero-order valence-electron chi connectivity index (χ0n) is 18.3. The van der Waals surface area contributed by atoms with Crippen molar-refractivity contribution >= 4 is 5.69 Å². The molecular formula is C28H29N3. The minimum atomic E-state index is 0.884. The van der Waals surface area contributed by atoms with Gasteiger partial charge in [0.05, 0.1) is 17.1 Å². The van der Waals surface area contributed by atoms with E-state index < -0.39 is 0 Å². The summed E-state index contributed by atoms with van der Waals surface area (Å²) in [6, 6.07) is 29.5. The molecular weight excluding hydrogens is 378 g/mol. The van der Waals surface area contributed by atoms with Gasteiger partial charge in [-0.15, -0.1) is 0 Å². The van der Waals surface area contributed by atoms with E-state index in [2.05, 4.69) is 84.4 Å². The number of benzene rings is 2. The van der Waals surface area contributed by atoms with Crippen molar-refractivity contribution < 1.29 is 0 Å². The average molecular weight is 408 g/mol. The Bertz CT molecular complexity index is 1030. The molecule has 0 aliphatic heterocycles.